The molecule has 2 aromatic carbocycles. The van der Waals surface area contributed by atoms with Crippen LogP contribution in [0, 0.1) is 0 Å². The van der Waals surface area contributed by atoms with Crippen molar-refractivity contribution in [1.82, 2.24) is 0 Å². The molecule has 0 unspecified atom stereocenters. The molecule has 0 radical (unpaired) electrons. The lowest BCUT2D eigenvalue weighted by Gasteiger charge is -2.22. The lowest BCUT2D eigenvalue weighted by Crippen LogP contribution is -1.98. The Morgan fingerprint density at radius 1 is 1.00 bits per heavy atom. The van der Waals surface area contributed by atoms with Gasteiger partial charge in [0, 0.05) is 5.69 Å². The Hall–Kier alpha value is -2.21. The smallest absolute Gasteiger partial charge is 0.123 e. The van der Waals surface area contributed by atoms with Crippen molar-refractivity contribution < 1.29 is 13.2 Å². The van der Waals surface area contributed by atoms with E-state index in [1.807, 2.05) is 0 Å². The number of hydrogen-bond donors (Lipinski definition) is 1. The Morgan fingerprint density at radius 3 is 2.11 bits per heavy atom. The number of nitrogens with two attached hydrogens (primary N) is 1. The van der Waals surface area contributed by atoms with Gasteiger partial charge in [0.25, 0.3) is 0 Å². The van der Waals surface area contributed by atoms with E-state index in [0.717, 1.165) is 0 Å². The highest BCUT2D eigenvalue weighted by atomic mass is 32.2. The first-order valence-corrected chi connectivity index (χ1v) is 6.93. The van der Waals surface area contributed by atoms with Gasteiger partial charge < -0.3 is 15.2 Å². The number of sulfonamides is 1. The summed E-state index contributed by atoms with van der Waals surface area (Å²) >= 11 is 0. The monoisotopic (exact) mass is 277 g/mol. The molecular weight excluding hydrogens is 264 g/mol. The van der Waals surface area contributed by atoms with Crippen LogP contribution in [0.3, 0.4) is 0 Å². The Morgan fingerprint density at radius 2 is 1.58 bits per heavy atom. The minimum Gasteiger partial charge on any atom is -0.573 e. The van der Waals surface area contributed by atoms with Crippen LogP contribution in [0.2, 0.25) is 0 Å². The maximum atomic E-state index is 12.0. The largest absolute Gasteiger partial charge is 0.573 e. The molecule has 0 saturated heterocycles. The fraction of sp³-hybridized carbons (Fsp3) is 0.0769. The van der Waals surface area contributed by atoms with E-state index in [2.05, 4.69) is 4.72 Å². The predicted molar refractivity (Wildman–Crippen MR) is 74.1 cm³/mol. The third kappa shape index (κ3) is 3.17. The van der Waals surface area contributed by atoms with Gasteiger partial charge in [0.2, 0.25) is 0 Å². The molecule has 2 aromatic rings. The van der Waals surface area contributed by atoms with E-state index in [-0.39, 0.29) is 4.90 Å². The van der Waals surface area contributed by atoms with Gasteiger partial charge in [-0.25, -0.2) is 8.42 Å². The first-order valence-electron chi connectivity index (χ1n) is 5.49. The third-order valence-corrected chi connectivity index (χ3v) is 3.80. The molecule has 0 aliphatic carbocycles. The Labute approximate surface area is 112 Å². The van der Waals surface area contributed by atoms with Gasteiger partial charge in [-0.1, -0.05) is 12.1 Å². The van der Waals surface area contributed by atoms with Gasteiger partial charge in [-0.05, 0) is 36.4 Å². The predicted octanol–water partition coefficient (Wildman–Crippen LogP) is 2.67. The zero-order valence-corrected chi connectivity index (χ0v) is 11.1. The summed E-state index contributed by atoms with van der Waals surface area (Å²) in [6.45, 7) is 0. The highest BCUT2D eigenvalue weighted by Gasteiger charge is 2.04. The Kier molecular flexibility index (Phi) is 3.62. The summed E-state index contributed by atoms with van der Waals surface area (Å²) in [6, 6.07) is 12.4. The summed E-state index contributed by atoms with van der Waals surface area (Å²) in [7, 11) is -2.18. The molecule has 6 heteroatoms. The standard InChI is InChI=1S/C13H13N2O3S/c1-18-12-6-4-11(5-7-12)15-19(16,17)13-8-2-10(14)3-9-13/h2-9H,14H2,1H3/q-1. The molecule has 0 heterocycles. The number of rotatable bonds is 4. The van der Waals surface area contributed by atoms with Crippen molar-refractivity contribution in [3.8, 4) is 5.75 Å². The lowest BCUT2D eigenvalue weighted by molar-refractivity contribution is 0.415. The van der Waals surface area contributed by atoms with Gasteiger partial charge in [-0.15, -0.1) is 5.69 Å². The third-order valence-electron chi connectivity index (χ3n) is 2.48. The Bertz CT molecular complexity index is 649. The number of anilines is 1. The molecule has 0 aliphatic rings. The first-order chi connectivity index (χ1) is 9.01. The van der Waals surface area contributed by atoms with Gasteiger partial charge in [0.05, 0.1) is 12.0 Å². The highest BCUT2D eigenvalue weighted by Crippen LogP contribution is 2.29. The molecular formula is C13H13N2O3S-. The second-order valence-corrected chi connectivity index (χ2v) is 5.44. The van der Waals surface area contributed by atoms with E-state index in [9.17, 15) is 8.42 Å². The summed E-state index contributed by atoms with van der Waals surface area (Å²) in [5.41, 5.74) is 6.36. The molecule has 2 rings (SSSR count). The van der Waals surface area contributed by atoms with Gasteiger partial charge >= 0.3 is 0 Å². The summed E-state index contributed by atoms with van der Waals surface area (Å²) in [5.74, 6) is 0.642. The minimum atomic E-state index is -3.72. The van der Waals surface area contributed by atoms with Crippen LogP contribution in [-0.2, 0) is 10.0 Å². The zero-order chi connectivity index (χ0) is 13.9. The average Bonchev–Trinajstić information content (AvgIpc) is 2.40. The van der Waals surface area contributed by atoms with Crippen molar-refractivity contribution in [2.75, 3.05) is 12.8 Å². The minimum absolute atomic E-state index is 0.109. The number of benzene rings is 2. The van der Waals surface area contributed by atoms with Crippen LogP contribution in [0.4, 0.5) is 11.4 Å². The summed E-state index contributed by atoms with van der Waals surface area (Å²) in [5, 5.41) is 0. The summed E-state index contributed by atoms with van der Waals surface area (Å²) in [4.78, 5) is 0.109. The normalized spacial score (nSPS) is 11.0. The number of nitrogen functional groups attached to an aromatic ring is 1. The Balaban J connectivity index is 2.23. The first kappa shape index (κ1) is 13.2. The van der Waals surface area contributed by atoms with Crippen molar-refractivity contribution in [2.45, 2.75) is 4.90 Å². The van der Waals surface area contributed by atoms with Crippen LogP contribution in [0.5, 0.6) is 5.75 Å². The van der Waals surface area contributed by atoms with Crippen molar-refractivity contribution in [3.05, 3.63) is 53.3 Å². The van der Waals surface area contributed by atoms with Gasteiger partial charge in [0.15, 0.2) is 0 Å². The van der Waals surface area contributed by atoms with E-state index in [1.165, 1.54) is 31.4 Å². The molecule has 2 N–H and O–H groups in total. The van der Waals surface area contributed by atoms with Crippen molar-refractivity contribution in [2.24, 2.45) is 0 Å². The van der Waals surface area contributed by atoms with E-state index >= 15 is 0 Å². The van der Waals surface area contributed by atoms with Crippen LogP contribution in [0.1, 0.15) is 0 Å². The maximum absolute atomic E-state index is 12.0. The van der Waals surface area contributed by atoms with Crippen LogP contribution in [-0.4, -0.2) is 15.5 Å². The second kappa shape index (κ2) is 5.19. The van der Waals surface area contributed by atoms with Crippen LogP contribution < -0.4 is 10.5 Å². The maximum Gasteiger partial charge on any atom is 0.123 e. The zero-order valence-electron chi connectivity index (χ0n) is 10.3. The molecule has 5 nitrogen and oxygen atoms in total. The lowest BCUT2D eigenvalue weighted by atomic mass is 10.3. The number of hydrogen-bond acceptors (Lipinski definition) is 4. The second-order valence-electron chi connectivity index (χ2n) is 3.83. The van der Waals surface area contributed by atoms with E-state index in [1.54, 1.807) is 24.3 Å². The quantitative estimate of drug-likeness (QED) is 0.871. The van der Waals surface area contributed by atoms with E-state index in [0.29, 0.717) is 17.1 Å². The topological polar surface area (TPSA) is 83.5 Å². The van der Waals surface area contributed by atoms with Gasteiger partial charge in [-0.2, -0.15) is 0 Å². The molecule has 0 amide bonds. The summed E-state index contributed by atoms with van der Waals surface area (Å²) in [6.07, 6.45) is 0. The highest BCUT2D eigenvalue weighted by molar-refractivity contribution is 7.94. The van der Waals surface area contributed by atoms with Gasteiger partial charge in [0.1, 0.15) is 15.8 Å². The molecule has 0 aromatic heterocycles. The van der Waals surface area contributed by atoms with Gasteiger partial charge in [-0.3, -0.25) is 0 Å². The molecule has 100 valence electrons. The fourth-order valence-electron chi connectivity index (χ4n) is 1.47. The average molecular weight is 277 g/mol. The summed E-state index contributed by atoms with van der Waals surface area (Å²) < 4.78 is 32.8. The molecule has 0 atom stereocenters. The van der Waals surface area contributed by atoms with Crippen LogP contribution >= 0.6 is 0 Å². The molecule has 0 saturated carbocycles. The molecule has 0 fully saturated rings. The van der Waals surface area contributed by atoms with Crippen molar-refractivity contribution in [1.29, 1.82) is 0 Å². The van der Waals surface area contributed by atoms with Crippen LogP contribution in [0.15, 0.2) is 53.4 Å². The molecule has 0 spiro atoms. The van der Waals surface area contributed by atoms with Crippen molar-refractivity contribution in [3.63, 3.8) is 0 Å². The number of methoxy groups -OCH3 is 1. The molecule has 0 aliphatic heterocycles. The molecule has 19 heavy (non-hydrogen) atoms. The van der Waals surface area contributed by atoms with E-state index in [4.69, 9.17) is 10.5 Å². The van der Waals surface area contributed by atoms with Crippen molar-refractivity contribution >= 4 is 21.4 Å². The number of ether oxygens (including phenoxy) is 1. The van der Waals surface area contributed by atoms with Crippen LogP contribution in [0.25, 0.3) is 4.72 Å². The fourth-order valence-corrected chi connectivity index (χ4v) is 2.46. The SMILES string of the molecule is COc1ccc([N-]S(=O)(=O)c2ccc(N)cc2)cc1. The number of nitrogens with zero attached hydrogens (tertiary/aromatic N) is 1. The van der Waals surface area contributed by atoms with E-state index < -0.39 is 10.0 Å². The molecule has 0 bridgehead atoms.